The summed E-state index contributed by atoms with van der Waals surface area (Å²) in [4.78, 5) is 11.1. The second-order valence-corrected chi connectivity index (χ2v) is 4.45. The van der Waals surface area contributed by atoms with Crippen LogP contribution in [0.25, 0.3) is 0 Å². The normalized spacial score (nSPS) is 12.3. The van der Waals surface area contributed by atoms with E-state index in [1.807, 2.05) is 37.3 Å². The van der Waals surface area contributed by atoms with Crippen LogP contribution in [0, 0.1) is 0 Å². The Kier molecular flexibility index (Phi) is 3.97. The molecular weight excluding hydrogens is 242 g/mol. The number of aromatic carboxylic acids is 1. The molecule has 0 amide bonds. The van der Waals surface area contributed by atoms with E-state index >= 15 is 0 Å². The van der Waals surface area contributed by atoms with E-state index in [4.69, 9.17) is 5.11 Å². The number of aromatic nitrogens is 2. The lowest BCUT2D eigenvalue weighted by Crippen LogP contribution is -2.21. The summed E-state index contributed by atoms with van der Waals surface area (Å²) in [7, 11) is 1.75. The molecule has 0 spiro atoms. The number of carbonyl (C=O) groups is 1. The third-order valence-corrected chi connectivity index (χ3v) is 3.17. The van der Waals surface area contributed by atoms with Gasteiger partial charge in [0.15, 0.2) is 0 Å². The minimum atomic E-state index is -0.947. The highest BCUT2D eigenvalue weighted by molar-refractivity contribution is 5.88. The SMILES string of the molecule is C[C@H](NCc1c(C(=O)O)cnn1C)c1ccccc1. The molecule has 0 bridgehead atoms. The van der Waals surface area contributed by atoms with Crippen LogP contribution >= 0.6 is 0 Å². The van der Waals surface area contributed by atoms with Gasteiger partial charge in [-0.05, 0) is 12.5 Å². The standard InChI is InChI=1S/C14H17N3O2/c1-10(11-6-4-3-5-7-11)15-9-13-12(14(18)19)8-16-17(13)2/h3-8,10,15H,9H2,1-2H3,(H,18,19)/t10-/m0/s1. The molecule has 5 heteroatoms. The molecule has 0 unspecified atom stereocenters. The first-order valence-corrected chi connectivity index (χ1v) is 6.12. The monoisotopic (exact) mass is 259 g/mol. The van der Waals surface area contributed by atoms with E-state index in [0.29, 0.717) is 12.2 Å². The van der Waals surface area contributed by atoms with Crippen molar-refractivity contribution in [3.8, 4) is 0 Å². The molecule has 1 aromatic carbocycles. The molecule has 2 aromatic rings. The van der Waals surface area contributed by atoms with Crippen LogP contribution in [0.2, 0.25) is 0 Å². The highest BCUT2D eigenvalue weighted by Crippen LogP contribution is 2.13. The second kappa shape index (κ2) is 5.67. The van der Waals surface area contributed by atoms with Crippen LogP contribution in [0.15, 0.2) is 36.5 Å². The Labute approximate surface area is 111 Å². The molecule has 100 valence electrons. The Bertz CT molecular complexity index is 563. The van der Waals surface area contributed by atoms with E-state index in [0.717, 1.165) is 0 Å². The van der Waals surface area contributed by atoms with Gasteiger partial charge >= 0.3 is 5.97 Å². The molecule has 0 saturated carbocycles. The van der Waals surface area contributed by atoms with E-state index in [-0.39, 0.29) is 11.6 Å². The van der Waals surface area contributed by atoms with Gasteiger partial charge in [0.05, 0.1) is 11.9 Å². The summed E-state index contributed by atoms with van der Waals surface area (Å²) in [6.07, 6.45) is 1.38. The fourth-order valence-electron chi connectivity index (χ4n) is 1.96. The summed E-state index contributed by atoms with van der Waals surface area (Å²) >= 11 is 0. The quantitative estimate of drug-likeness (QED) is 0.861. The lowest BCUT2D eigenvalue weighted by molar-refractivity contribution is 0.0695. The first-order valence-electron chi connectivity index (χ1n) is 6.12. The van der Waals surface area contributed by atoms with E-state index in [2.05, 4.69) is 10.4 Å². The van der Waals surface area contributed by atoms with Crippen molar-refractivity contribution in [2.75, 3.05) is 0 Å². The molecule has 1 aromatic heterocycles. The van der Waals surface area contributed by atoms with Gasteiger partial charge in [-0.3, -0.25) is 4.68 Å². The van der Waals surface area contributed by atoms with Crippen molar-refractivity contribution in [2.45, 2.75) is 19.5 Å². The first-order chi connectivity index (χ1) is 9.09. The van der Waals surface area contributed by atoms with Gasteiger partial charge in [0, 0.05) is 19.6 Å². The Morgan fingerprint density at radius 3 is 2.74 bits per heavy atom. The topological polar surface area (TPSA) is 67.2 Å². The third-order valence-electron chi connectivity index (χ3n) is 3.17. The summed E-state index contributed by atoms with van der Waals surface area (Å²) in [6, 6.07) is 10.2. The van der Waals surface area contributed by atoms with Gasteiger partial charge in [-0.15, -0.1) is 0 Å². The molecule has 0 aliphatic heterocycles. The van der Waals surface area contributed by atoms with Crippen molar-refractivity contribution >= 4 is 5.97 Å². The summed E-state index contributed by atoms with van der Waals surface area (Å²) < 4.78 is 1.59. The van der Waals surface area contributed by atoms with Crippen molar-refractivity contribution in [2.24, 2.45) is 7.05 Å². The minimum absolute atomic E-state index is 0.151. The Balaban J connectivity index is 2.07. The van der Waals surface area contributed by atoms with Crippen LogP contribution in [0.3, 0.4) is 0 Å². The number of nitrogens with zero attached hydrogens (tertiary/aromatic N) is 2. The predicted molar refractivity (Wildman–Crippen MR) is 71.9 cm³/mol. The molecule has 0 aliphatic carbocycles. The van der Waals surface area contributed by atoms with Crippen LogP contribution < -0.4 is 5.32 Å². The van der Waals surface area contributed by atoms with E-state index in [9.17, 15) is 4.79 Å². The van der Waals surface area contributed by atoms with E-state index in [1.54, 1.807) is 11.7 Å². The summed E-state index contributed by atoms with van der Waals surface area (Å²) in [5.41, 5.74) is 2.09. The van der Waals surface area contributed by atoms with Gasteiger partial charge in [0.2, 0.25) is 0 Å². The van der Waals surface area contributed by atoms with Gasteiger partial charge in [0.25, 0.3) is 0 Å². The smallest absolute Gasteiger partial charge is 0.339 e. The van der Waals surface area contributed by atoms with Crippen LogP contribution in [0.5, 0.6) is 0 Å². The Morgan fingerprint density at radius 2 is 2.11 bits per heavy atom. The average molecular weight is 259 g/mol. The summed E-state index contributed by atoms with van der Waals surface area (Å²) in [5, 5.41) is 16.4. The number of rotatable bonds is 5. The maximum atomic E-state index is 11.1. The highest BCUT2D eigenvalue weighted by atomic mass is 16.4. The lowest BCUT2D eigenvalue weighted by Gasteiger charge is -2.14. The average Bonchev–Trinajstić information content (AvgIpc) is 2.78. The Hall–Kier alpha value is -2.14. The van der Waals surface area contributed by atoms with Gasteiger partial charge < -0.3 is 10.4 Å². The molecule has 0 radical (unpaired) electrons. The summed E-state index contributed by atoms with van der Waals surface area (Å²) in [6.45, 7) is 2.51. The molecule has 2 N–H and O–H groups in total. The van der Waals surface area contributed by atoms with Crippen LogP contribution in [-0.4, -0.2) is 20.9 Å². The van der Waals surface area contributed by atoms with Gasteiger partial charge in [-0.2, -0.15) is 5.10 Å². The third kappa shape index (κ3) is 3.00. The Morgan fingerprint density at radius 1 is 1.42 bits per heavy atom. The van der Waals surface area contributed by atoms with Crippen LogP contribution in [0.1, 0.15) is 34.6 Å². The number of nitrogens with one attached hydrogen (secondary N) is 1. The molecule has 0 saturated heterocycles. The number of benzene rings is 1. The molecule has 5 nitrogen and oxygen atoms in total. The molecule has 19 heavy (non-hydrogen) atoms. The van der Waals surface area contributed by atoms with Crippen LogP contribution in [0.4, 0.5) is 0 Å². The van der Waals surface area contributed by atoms with Gasteiger partial charge in [-0.1, -0.05) is 30.3 Å². The summed E-state index contributed by atoms with van der Waals surface area (Å²) in [5.74, 6) is -0.947. The fraction of sp³-hybridized carbons (Fsp3) is 0.286. The highest BCUT2D eigenvalue weighted by Gasteiger charge is 2.15. The zero-order chi connectivity index (χ0) is 13.8. The van der Waals surface area contributed by atoms with Crippen molar-refractivity contribution in [1.29, 1.82) is 0 Å². The number of carboxylic acids is 1. The molecule has 2 rings (SSSR count). The van der Waals surface area contributed by atoms with Gasteiger partial charge in [0.1, 0.15) is 5.56 Å². The molecule has 0 aliphatic rings. The molecule has 0 fully saturated rings. The molecule has 1 heterocycles. The van der Waals surface area contributed by atoms with Crippen molar-refractivity contribution in [1.82, 2.24) is 15.1 Å². The maximum Gasteiger partial charge on any atom is 0.339 e. The maximum absolute atomic E-state index is 11.1. The zero-order valence-electron chi connectivity index (χ0n) is 11.0. The lowest BCUT2D eigenvalue weighted by atomic mass is 10.1. The number of hydrogen-bond acceptors (Lipinski definition) is 3. The van der Waals surface area contributed by atoms with E-state index < -0.39 is 5.97 Å². The molecule has 1 atom stereocenters. The van der Waals surface area contributed by atoms with Crippen molar-refractivity contribution in [3.05, 3.63) is 53.3 Å². The van der Waals surface area contributed by atoms with Crippen LogP contribution in [-0.2, 0) is 13.6 Å². The number of carboxylic acid groups (broad SMARTS) is 1. The predicted octanol–water partition coefficient (Wildman–Crippen LogP) is 1.97. The van der Waals surface area contributed by atoms with Crippen molar-refractivity contribution in [3.63, 3.8) is 0 Å². The fourth-order valence-corrected chi connectivity index (χ4v) is 1.96. The number of hydrogen-bond donors (Lipinski definition) is 2. The molecular formula is C14H17N3O2. The largest absolute Gasteiger partial charge is 0.478 e. The van der Waals surface area contributed by atoms with Crippen molar-refractivity contribution < 1.29 is 9.90 Å². The minimum Gasteiger partial charge on any atom is -0.478 e. The van der Waals surface area contributed by atoms with Gasteiger partial charge in [-0.25, -0.2) is 4.79 Å². The van der Waals surface area contributed by atoms with E-state index in [1.165, 1.54) is 11.8 Å². The first kappa shape index (κ1) is 13.3. The second-order valence-electron chi connectivity index (χ2n) is 4.45. The zero-order valence-corrected chi connectivity index (χ0v) is 11.0. The number of aryl methyl sites for hydroxylation is 1.